The van der Waals surface area contributed by atoms with Gasteiger partial charge in [0.2, 0.25) is 11.8 Å². The van der Waals surface area contributed by atoms with Gasteiger partial charge >= 0.3 is 0 Å². The van der Waals surface area contributed by atoms with E-state index >= 15 is 0 Å². The van der Waals surface area contributed by atoms with Crippen molar-refractivity contribution in [2.75, 3.05) is 12.4 Å². The maximum absolute atomic E-state index is 14.6. The summed E-state index contributed by atoms with van der Waals surface area (Å²) in [6.07, 6.45) is -0.142. The van der Waals surface area contributed by atoms with Crippen molar-refractivity contribution in [3.05, 3.63) is 83.9 Å². The molecule has 0 fully saturated rings. The van der Waals surface area contributed by atoms with Crippen LogP contribution >= 0.6 is 0 Å². The zero-order valence-corrected chi connectivity index (χ0v) is 17.1. The number of hydrogen-bond donors (Lipinski definition) is 2. The molecule has 0 aliphatic heterocycles. The molecule has 0 spiro atoms. The summed E-state index contributed by atoms with van der Waals surface area (Å²) in [5, 5.41) is 5.27. The van der Waals surface area contributed by atoms with E-state index in [2.05, 4.69) is 10.6 Å². The molecule has 3 aromatic carbocycles. The molecule has 0 heterocycles. The van der Waals surface area contributed by atoms with Crippen LogP contribution in [0.2, 0.25) is 0 Å². The number of ether oxygens (including phenoxy) is 1. The average molecular weight is 424 g/mol. The number of carbonyl (C=O) groups is 2. The maximum atomic E-state index is 14.6. The van der Waals surface area contributed by atoms with E-state index < -0.39 is 23.6 Å². The topological polar surface area (TPSA) is 67.4 Å². The first-order chi connectivity index (χ1) is 14.9. The van der Waals surface area contributed by atoms with E-state index in [1.807, 2.05) is 0 Å². The molecule has 0 saturated heterocycles. The predicted octanol–water partition coefficient (Wildman–Crippen LogP) is 4.85. The fraction of sp³-hybridized carbons (Fsp3) is 0.167. The molecule has 0 radical (unpaired) electrons. The Morgan fingerprint density at radius 2 is 1.68 bits per heavy atom. The third kappa shape index (κ3) is 5.66. The molecule has 31 heavy (non-hydrogen) atoms. The lowest BCUT2D eigenvalue weighted by molar-refractivity contribution is -0.120. The minimum atomic E-state index is -0.882. The van der Waals surface area contributed by atoms with Gasteiger partial charge in [-0.15, -0.1) is 0 Å². The number of methoxy groups -OCH3 is 1. The highest BCUT2D eigenvalue weighted by Gasteiger charge is 2.20. The van der Waals surface area contributed by atoms with Crippen LogP contribution in [0.1, 0.15) is 24.9 Å². The molecule has 0 saturated carbocycles. The van der Waals surface area contributed by atoms with Gasteiger partial charge < -0.3 is 15.4 Å². The second-order valence-corrected chi connectivity index (χ2v) is 6.95. The quantitative estimate of drug-likeness (QED) is 0.570. The molecule has 3 rings (SSSR count). The van der Waals surface area contributed by atoms with Gasteiger partial charge in [0.25, 0.3) is 0 Å². The highest BCUT2D eigenvalue weighted by atomic mass is 19.1. The fourth-order valence-corrected chi connectivity index (χ4v) is 3.26. The van der Waals surface area contributed by atoms with Crippen molar-refractivity contribution in [1.82, 2.24) is 5.32 Å². The van der Waals surface area contributed by atoms with Crippen LogP contribution in [-0.2, 0) is 9.59 Å². The Morgan fingerprint density at radius 1 is 1.00 bits per heavy atom. The molecule has 0 aliphatic rings. The van der Waals surface area contributed by atoms with Crippen LogP contribution in [0.25, 0.3) is 11.1 Å². The fourth-order valence-electron chi connectivity index (χ4n) is 3.26. The second kappa shape index (κ2) is 9.84. The summed E-state index contributed by atoms with van der Waals surface area (Å²) in [4.78, 5) is 24.4. The number of halogens is 2. The number of hydrogen-bond acceptors (Lipinski definition) is 3. The van der Waals surface area contributed by atoms with E-state index in [-0.39, 0.29) is 23.6 Å². The predicted molar refractivity (Wildman–Crippen MR) is 115 cm³/mol. The molecule has 7 heteroatoms. The van der Waals surface area contributed by atoms with Gasteiger partial charge in [-0.2, -0.15) is 0 Å². The Bertz CT molecular complexity index is 1070. The zero-order chi connectivity index (χ0) is 22.4. The van der Waals surface area contributed by atoms with Crippen molar-refractivity contribution >= 4 is 17.5 Å². The van der Waals surface area contributed by atoms with Crippen LogP contribution in [0.5, 0.6) is 5.75 Å². The largest absolute Gasteiger partial charge is 0.497 e. The van der Waals surface area contributed by atoms with E-state index in [1.54, 1.807) is 54.6 Å². The van der Waals surface area contributed by atoms with Crippen molar-refractivity contribution in [1.29, 1.82) is 0 Å². The van der Waals surface area contributed by atoms with Crippen LogP contribution < -0.4 is 15.4 Å². The maximum Gasteiger partial charge on any atom is 0.226 e. The highest BCUT2D eigenvalue weighted by Crippen LogP contribution is 2.32. The van der Waals surface area contributed by atoms with E-state index in [0.29, 0.717) is 16.9 Å². The molecular formula is C24H22F2N2O3. The van der Waals surface area contributed by atoms with Crippen LogP contribution in [-0.4, -0.2) is 18.9 Å². The molecule has 2 amide bonds. The lowest BCUT2D eigenvalue weighted by Gasteiger charge is -2.19. The summed E-state index contributed by atoms with van der Waals surface area (Å²) in [6, 6.07) is 16.8. The third-order valence-electron chi connectivity index (χ3n) is 4.69. The van der Waals surface area contributed by atoms with Crippen LogP contribution in [0.15, 0.2) is 66.7 Å². The monoisotopic (exact) mass is 424 g/mol. The zero-order valence-electron chi connectivity index (χ0n) is 17.1. The Kier molecular flexibility index (Phi) is 6.97. The van der Waals surface area contributed by atoms with Gasteiger partial charge in [-0.25, -0.2) is 8.78 Å². The lowest BCUT2D eigenvalue weighted by Crippen LogP contribution is -2.30. The molecule has 160 valence electrons. The van der Waals surface area contributed by atoms with E-state index in [4.69, 9.17) is 4.74 Å². The normalized spacial score (nSPS) is 11.5. The molecule has 2 N–H and O–H groups in total. The number of benzene rings is 3. The van der Waals surface area contributed by atoms with Gasteiger partial charge in [-0.05, 0) is 29.3 Å². The van der Waals surface area contributed by atoms with Gasteiger partial charge in [0, 0.05) is 18.6 Å². The Balaban J connectivity index is 1.86. The number of amides is 2. The summed E-state index contributed by atoms with van der Waals surface area (Å²) >= 11 is 0. The first-order valence-corrected chi connectivity index (χ1v) is 9.62. The molecule has 3 aromatic rings. The summed E-state index contributed by atoms with van der Waals surface area (Å²) in [6.45, 7) is 1.35. The summed E-state index contributed by atoms with van der Waals surface area (Å²) in [5.74, 6) is -1.84. The molecule has 1 unspecified atom stereocenters. The molecule has 0 aromatic heterocycles. The average Bonchev–Trinajstić information content (AvgIpc) is 2.75. The van der Waals surface area contributed by atoms with Gasteiger partial charge in [0.05, 0.1) is 25.3 Å². The standard InChI is InChI=1S/C24H22F2N2O3/c1-15(29)27-22(17-8-10-19(31-2)11-9-17)14-23(30)28-24-20(12-18(25)13-21(24)26)16-6-4-3-5-7-16/h3-13,22H,14H2,1-2H3,(H,27,29)(H,28,30). The number of carbonyl (C=O) groups excluding carboxylic acids is 2. The molecule has 0 aliphatic carbocycles. The smallest absolute Gasteiger partial charge is 0.226 e. The van der Waals surface area contributed by atoms with Crippen molar-refractivity contribution in [3.63, 3.8) is 0 Å². The van der Waals surface area contributed by atoms with Gasteiger partial charge in [0.15, 0.2) is 0 Å². The Morgan fingerprint density at radius 3 is 2.29 bits per heavy atom. The molecule has 0 bridgehead atoms. The van der Waals surface area contributed by atoms with Gasteiger partial charge in [-0.3, -0.25) is 9.59 Å². The van der Waals surface area contributed by atoms with Crippen molar-refractivity contribution in [3.8, 4) is 16.9 Å². The Labute approximate surface area is 179 Å². The number of rotatable bonds is 7. The van der Waals surface area contributed by atoms with Crippen molar-refractivity contribution in [2.24, 2.45) is 0 Å². The molecule has 5 nitrogen and oxygen atoms in total. The Hall–Kier alpha value is -3.74. The van der Waals surface area contributed by atoms with Crippen LogP contribution in [0, 0.1) is 11.6 Å². The second-order valence-electron chi connectivity index (χ2n) is 6.95. The van der Waals surface area contributed by atoms with E-state index in [9.17, 15) is 18.4 Å². The first kappa shape index (κ1) is 22.0. The van der Waals surface area contributed by atoms with Crippen LogP contribution in [0.3, 0.4) is 0 Å². The van der Waals surface area contributed by atoms with Crippen molar-refractivity contribution in [2.45, 2.75) is 19.4 Å². The number of nitrogens with one attached hydrogen (secondary N) is 2. The highest BCUT2D eigenvalue weighted by molar-refractivity contribution is 5.96. The summed E-state index contributed by atoms with van der Waals surface area (Å²) in [5.41, 5.74) is 1.36. The SMILES string of the molecule is COc1ccc(C(CC(=O)Nc2c(F)cc(F)cc2-c2ccccc2)NC(C)=O)cc1. The van der Waals surface area contributed by atoms with Gasteiger partial charge in [0.1, 0.15) is 17.4 Å². The van der Waals surface area contributed by atoms with Gasteiger partial charge in [-0.1, -0.05) is 42.5 Å². The first-order valence-electron chi connectivity index (χ1n) is 9.62. The minimum absolute atomic E-state index is 0.117. The van der Waals surface area contributed by atoms with E-state index in [1.165, 1.54) is 20.1 Å². The van der Waals surface area contributed by atoms with Crippen LogP contribution in [0.4, 0.5) is 14.5 Å². The van der Waals surface area contributed by atoms with Crippen molar-refractivity contribution < 1.29 is 23.1 Å². The summed E-state index contributed by atoms with van der Waals surface area (Å²) < 4.78 is 33.6. The minimum Gasteiger partial charge on any atom is -0.497 e. The third-order valence-corrected chi connectivity index (χ3v) is 4.69. The molecule has 1 atom stereocenters. The molecular weight excluding hydrogens is 402 g/mol. The summed E-state index contributed by atoms with van der Waals surface area (Å²) in [7, 11) is 1.54. The number of anilines is 1. The lowest BCUT2D eigenvalue weighted by atomic mass is 10.0. The van der Waals surface area contributed by atoms with E-state index in [0.717, 1.165) is 6.07 Å².